The van der Waals surface area contributed by atoms with Gasteiger partial charge in [-0.05, 0) is 31.4 Å². The van der Waals surface area contributed by atoms with E-state index in [0.717, 1.165) is 6.42 Å². The lowest BCUT2D eigenvalue weighted by atomic mass is 10.0. The summed E-state index contributed by atoms with van der Waals surface area (Å²) in [5, 5.41) is 1.57. The van der Waals surface area contributed by atoms with Crippen LogP contribution in [0.3, 0.4) is 0 Å². The van der Waals surface area contributed by atoms with Gasteiger partial charge in [0.15, 0.2) is 0 Å². The number of aryl methyl sites for hydroxylation is 2. The van der Waals surface area contributed by atoms with Crippen LogP contribution in [0.1, 0.15) is 16.7 Å². The van der Waals surface area contributed by atoms with Gasteiger partial charge in [-0.15, -0.1) is 0 Å². The molecular weight excluding hydrogens is 292 g/mol. The second-order valence-corrected chi connectivity index (χ2v) is 12.0. The number of rotatable bonds is 4. The maximum atomic E-state index is 2.51. The van der Waals surface area contributed by atoms with Crippen LogP contribution in [0.5, 0.6) is 0 Å². The predicted octanol–water partition coefficient (Wildman–Crippen LogP) is 5.33. The molecule has 0 saturated heterocycles. The highest BCUT2D eigenvalue weighted by atomic mass is 28.3. The first kappa shape index (κ1) is 16.0. The molecule has 2 aromatic rings. The Hall–Kier alpha value is -1.86. The average molecular weight is 319 g/mol. The van der Waals surface area contributed by atoms with Crippen molar-refractivity contribution in [1.29, 1.82) is 0 Å². The van der Waals surface area contributed by atoms with E-state index in [4.69, 9.17) is 0 Å². The van der Waals surface area contributed by atoms with E-state index in [9.17, 15) is 0 Å². The maximum absolute atomic E-state index is 2.51. The summed E-state index contributed by atoms with van der Waals surface area (Å²) in [6, 6.07) is 17.9. The number of hydrogen-bond acceptors (Lipinski definition) is 0. The van der Waals surface area contributed by atoms with E-state index in [2.05, 4.69) is 93.7 Å². The van der Waals surface area contributed by atoms with Crippen LogP contribution in [-0.4, -0.2) is 8.07 Å². The third-order valence-corrected chi connectivity index (χ3v) is 8.90. The highest BCUT2D eigenvalue weighted by Crippen LogP contribution is 2.37. The van der Waals surface area contributed by atoms with E-state index < -0.39 is 8.07 Å². The van der Waals surface area contributed by atoms with Crippen molar-refractivity contribution in [3.8, 4) is 0 Å². The van der Waals surface area contributed by atoms with Crippen molar-refractivity contribution in [2.75, 3.05) is 0 Å². The molecule has 118 valence electrons. The quantitative estimate of drug-likeness (QED) is 0.669. The summed E-state index contributed by atoms with van der Waals surface area (Å²) < 4.78 is 0. The molecule has 0 nitrogen and oxygen atoms in total. The molecule has 0 amide bonds. The molecule has 0 aromatic heterocycles. The molecule has 1 atom stereocenters. The molecule has 0 saturated carbocycles. The molecule has 0 aliphatic heterocycles. The van der Waals surface area contributed by atoms with Gasteiger partial charge >= 0.3 is 0 Å². The summed E-state index contributed by atoms with van der Waals surface area (Å²) in [6.07, 6.45) is 8.11. The number of allylic oxidation sites excluding steroid dienone is 4. The molecule has 1 aliphatic carbocycles. The third-order valence-electron chi connectivity index (χ3n) is 5.01. The second kappa shape index (κ2) is 6.33. The van der Waals surface area contributed by atoms with Crippen molar-refractivity contribution in [1.82, 2.24) is 0 Å². The van der Waals surface area contributed by atoms with Gasteiger partial charge in [0.05, 0.1) is 8.07 Å². The molecule has 1 aliphatic rings. The van der Waals surface area contributed by atoms with Gasteiger partial charge in [0.1, 0.15) is 0 Å². The first-order chi connectivity index (χ1) is 11.0. The van der Waals surface area contributed by atoms with Crippen molar-refractivity contribution in [3.63, 3.8) is 0 Å². The van der Waals surface area contributed by atoms with Gasteiger partial charge in [-0.2, -0.15) is 0 Å². The molecule has 3 rings (SSSR count). The monoisotopic (exact) mass is 318 g/mol. The fourth-order valence-corrected chi connectivity index (χ4v) is 7.02. The second-order valence-electron chi connectivity index (χ2n) is 7.36. The molecule has 0 bridgehead atoms. The van der Waals surface area contributed by atoms with Gasteiger partial charge in [0.25, 0.3) is 0 Å². The van der Waals surface area contributed by atoms with E-state index >= 15 is 0 Å². The Morgan fingerprint density at radius 2 is 1.57 bits per heavy atom. The van der Waals surface area contributed by atoms with Crippen molar-refractivity contribution in [3.05, 3.63) is 89.0 Å². The minimum Gasteiger partial charge on any atom is -0.0797 e. The summed E-state index contributed by atoms with van der Waals surface area (Å²) in [5.41, 5.74) is 6.36. The van der Waals surface area contributed by atoms with E-state index in [1.54, 1.807) is 10.8 Å². The Kier molecular flexibility index (Phi) is 4.41. The topological polar surface area (TPSA) is 0 Å². The zero-order valence-electron chi connectivity index (χ0n) is 14.6. The fourth-order valence-electron chi connectivity index (χ4n) is 3.75. The van der Waals surface area contributed by atoms with Crippen LogP contribution in [0.25, 0.3) is 0 Å². The van der Waals surface area contributed by atoms with E-state index in [0.29, 0.717) is 5.54 Å². The molecule has 0 fully saturated rings. The molecule has 0 N–H and O–H groups in total. The molecular formula is C22H26Si. The smallest absolute Gasteiger partial charge is 0.0797 e. The molecule has 0 radical (unpaired) electrons. The Balaban J connectivity index is 1.89. The van der Waals surface area contributed by atoms with Gasteiger partial charge in [-0.3, -0.25) is 0 Å². The Morgan fingerprint density at radius 1 is 0.913 bits per heavy atom. The SMILES string of the molecule is Cc1cc(C)cc([Si](C)(C)C2C=CC=C2Cc2ccccc2)c1. The van der Waals surface area contributed by atoms with Gasteiger partial charge in [0, 0.05) is 0 Å². The molecule has 0 spiro atoms. The minimum absolute atomic E-state index is 0.601. The molecule has 1 unspecified atom stereocenters. The third kappa shape index (κ3) is 3.40. The summed E-state index contributed by atoms with van der Waals surface area (Å²) in [4.78, 5) is 0. The van der Waals surface area contributed by atoms with E-state index in [1.165, 1.54) is 16.7 Å². The van der Waals surface area contributed by atoms with Crippen molar-refractivity contribution in [2.24, 2.45) is 0 Å². The van der Waals surface area contributed by atoms with E-state index in [1.807, 2.05) is 0 Å². The van der Waals surface area contributed by atoms with Crippen LogP contribution < -0.4 is 5.19 Å². The Morgan fingerprint density at radius 3 is 2.22 bits per heavy atom. The van der Waals surface area contributed by atoms with Gasteiger partial charge < -0.3 is 0 Å². The van der Waals surface area contributed by atoms with Gasteiger partial charge in [-0.1, -0.05) is 102 Å². The lowest BCUT2D eigenvalue weighted by Gasteiger charge is -2.32. The normalized spacial score (nSPS) is 17.4. The van der Waals surface area contributed by atoms with Crippen LogP contribution in [0.2, 0.25) is 18.6 Å². The lowest BCUT2D eigenvalue weighted by Crippen LogP contribution is -2.46. The highest BCUT2D eigenvalue weighted by molar-refractivity contribution is 6.92. The van der Waals surface area contributed by atoms with Crippen molar-refractivity contribution in [2.45, 2.75) is 38.9 Å². The first-order valence-corrected chi connectivity index (χ1v) is 11.5. The molecule has 1 heteroatoms. The van der Waals surface area contributed by atoms with Crippen LogP contribution in [0.4, 0.5) is 0 Å². The van der Waals surface area contributed by atoms with E-state index in [-0.39, 0.29) is 0 Å². The minimum atomic E-state index is -1.58. The summed E-state index contributed by atoms with van der Waals surface area (Å²) in [6.45, 7) is 9.46. The Bertz CT molecular complexity index is 731. The zero-order valence-corrected chi connectivity index (χ0v) is 15.6. The van der Waals surface area contributed by atoms with Gasteiger partial charge in [-0.25, -0.2) is 0 Å². The standard InChI is InChI=1S/C22H26Si/c1-17-13-18(2)15-21(14-17)23(3,4)22-12-8-11-20(22)16-19-9-6-5-7-10-19/h5-15,22H,16H2,1-4H3. The highest BCUT2D eigenvalue weighted by Gasteiger charge is 2.35. The summed E-state index contributed by atoms with van der Waals surface area (Å²) in [5.74, 6) is 0. The summed E-state index contributed by atoms with van der Waals surface area (Å²) >= 11 is 0. The molecule has 0 heterocycles. The predicted molar refractivity (Wildman–Crippen MR) is 104 cm³/mol. The van der Waals surface area contributed by atoms with Crippen LogP contribution in [0.15, 0.2) is 72.3 Å². The lowest BCUT2D eigenvalue weighted by molar-refractivity contribution is 1.05. The fraction of sp³-hybridized carbons (Fsp3) is 0.273. The zero-order chi connectivity index (χ0) is 16.4. The van der Waals surface area contributed by atoms with Crippen molar-refractivity contribution < 1.29 is 0 Å². The van der Waals surface area contributed by atoms with Crippen molar-refractivity contribution >= 4 is 13.3 Å². The largest absolute Gasteiger partial charge is 0.0915 e. The van der Waals surface area contributed by atoms with Crippen LogP contribution in [0, 0.1) is 13.8 Å². The summed E-state index contributed by atoms with van der Waals surface area (Å²) in [7, 11) is -1.58. The average Bonchev–Trinajstić information content (AvgIpc) is 2.96. The first-order valence-electron chi connectivity index (χ1n) is 8.47. The number of benzene rings is 2. The molecule has 2 aromatic carbocycles. The molecule has 23 heavy (non-hydrogen) atoms. The Labute approximate surface area is 141 Å². The van der Waals surface area contributed by atoms with Crippen LogP contribution in [-0.2, 0) is 6.42 Å². The maximum Gasteiger partial charge on any atom is 0.0915 e. The number of hydrogen-bond donors (Lipinski definition) is 0. The van der Waals surface area contributed by atoms with Gasteiger partial charge in [0.2, 0.25) is 0 Å². The van der Waals surface area contributed by atoms with Crippen LogP contribution >= 0.6 is 0 Å².